The van der Waals surface area contributed by atoms with Gasteiger partial charge in [0.25, 0.3) is 0 Å². The van der Waals surface area contributed by atoms with E-state index in [0.717, 1.165) is 11.1 Å². The number of hydrogen-bond acceptors (Lipinski definition) is 4. The molecule has 1 aliphatic heterocycles. The predicted octanol–water partition coefficient (Wildman–Crippen LogP) is 3.98. The van der Waals surface area contributed by atoms with Crippen LogP contribution in [-0.4, -0.2) is 50.1 Å². The first-order valence-electron chi connectivity index (χ1n) is 11.0. The first-order chi connectivity index (χ1) is 15.1. The summed E-state index contributed by atoms with van der Waals surface area (Å²) in [5, 5.41) is 0. The topological polar surface area (TPSA) is 55.8 Å². The molecule has 3 rings (SSSR count). The molecule has 2 aliphatic rings. The number of piperidine rings is 1. The van der Waals surface area contributed by atoms with E-state index in [4.69, 9.17) is 17.3 Å². The van der Waals surface area contributed by atoms with Gasteiger partial charge in [0.1, 0.15) is 20.1 Å². The van der Waals surface area contributed by atoms with Crippen LogP contribution >= 0.6 is 0 Å². The Morgan fingerprint density at radius 3 is 2.31 bits per heavy atom. The van der Waals surface area contributed by atoms with Crippen molar-refractivity contribution in [3.8, 4) is 0 Å². The van der Waals surface area contributed by atoms with Crippen LogP contribution in [0, 0.1) is 5.41 Å². The minimum atomic E-state index is -0.702. The molecule has 1 heterocycles. The first kappa shape index (κ1) is 23.9. The average molecular weight is 433 g/mol. The Labute approximate surface area is 192 Å². The normalized spacial score (nSPS) is 22.2. The molecule has 1 spiro atoms. The Balaban J connectivity index is 1.73. The number of likely N-dealkylation sites (tertiary alicyclic amines) is 1. The lowest BCUT2D eigenvalue weighted by Crippen LogP contribution is -2.44. The number of amides is 1. The van der Waals surface area contributed by atoms with E-state index in [2.05, 4.69) is 13.2 Å². The Hall–Kier alpha value is -2.76. The van der Waals surface area contributed by atoms with E-state index >= 15 is 0 Å². The Morgan fingerprint density at radius 1 is 1.16 bits per heavy atom. The molecule has 1 unspecified atom stereocenters. The lowest BCUT2D eigenvalue weighted by molar-refractivity contribution is -0.159. The number of hydrogen-bond donors (Lipinski definition) is 0. The predicted molar refractivity (Wildman–Crippen MR) is 127 cm³/mol. The molecule has 32 heavy (non-hydrogen) atoms. The van der Waals surface area contributed by atoms with Crippen LogP contribution in [0.2, 0.25) is 0 Å². The van der Waals surface area contributed by atoms with Gasteiger partial charge in [-0.25, -0.2) is 4.79 Å². The van der Waals surface area contributed by atoms with Crippen molar-refractivity contribution >= 4 is 25.4 Å². The summed E-state index contributed by atoms with van der Waals surface area (Å²) < 4.78 is 11.3. The van der Waals surface area contributed by atoms with Crippen LogP contribution in [-0.2, 0) is 19.7 Å². The van der Waals surface area contributed by atoms with Crippen molar-refractivity contribution < 1.29 is 19.1 Å². The van der Waals surface area contributed by atoms with Crippen molar-refractivity contribution in [1.82, 2.24) is 4.90 Å². The molecule has 6 heteroatoms. The van der Waals surface area contributed by atoms with Gasteiger partial charge in [0.15, 0.2) is 0 Å². The second-order valence-electron chi connectivity index (χ2n) is 9.71. The Kier molecular flexibility index (Phi) is 6.73. The zero-order valence-electron chi connectivity index (χ0n) is 19.4. The molecule has 1 atom stereocenters. The summed E-state index contributed by atoms with van der Waals surface area (Å²) in [6, 6.07) is 7.51. The van der Waals surface area contributed by atoms with Crippen molar-refractivity contribution in [3.05, 3.63) is 66.8 Å². The maximum absolute atomic E-state index is 13.4. The molecule has 1 saturated heterocycles. The highest BCUT2D eigenvalue weighted by Crippen LogP contribution is 2.70. The zero-order valence-corrected chi connectivity index (χ0v) is 19.4. The van der Waals surface area contributed by atoms with E-state index in [0.29, 0.717) is 37.8 Å². The van der Waals surface area contributed by atoms with E-state index in [1.807, 2.05) is 45.0 Å². The van der Waals surface area contributed by atoms with Gasteiger partial charge in [-0.3, -0.25) is 4.79 Å². The highest BCUT2D eigenvalue weighted by molar-refractivity contribution is 6.32. The summed E-state index contributed by atoms with van der Waals surface area (Å²) >= 11 is 0. The van der Waals surface area contributed by atoms with Crippen molar-refractivity contribution in [2.75, 3.05) is 19.7 Å². The summed E-state index contributed by atoms with van der Waals surface area (Å²) in [7, 11) is 5.88. The molecular formula is C26H32BNO4. The summed E-state index contributed by atoms with van der Waals surface area (Å²) in [6.45, 7) is 14.2. The fourth-order valence-electron chi connectivity index (χ4n) is 4.69. The van der Waals surface area contributed by atoms with E-state index in [-0.39, 0.29) is 24.1 Å². The monoisotopic (exact) mass is 433 g/mol. The van der Waals surface area contributed by atoms with Gasteiger partial charge < -0.3 is 14.4 Å². The minimum Gasteiger partial charge on any atom is -0.459 e. The van der Waals surface area contributed by atoms with Gasteiger partial charge >= 0.3 is 12.1 Å². The first-order valence-corrected chi connectivity index (χ1v) is 11.0. The highest BCUT2D eigenvalue weighted by atomic mass is 16.6. The van der Waals surface area contributed by atoms with Gasteiger partial charge in [-0.15, -0.1) is 0 Å². The summed E-state index contributed by atoms with van der Waals surface area (Å²) in [4.78, 5) is 27.7. The van der Waals surface area contributed by atoms with Gasteiger partial charge in [-0.2, -0.15) is 0 Å². The minimum absolute atomic E-state index is 0.156. The van der Waals surface area contributed by atoms with Crippen LogP contribution in [0.5, 0.6) is 0 Å². The second kappa shape index (κ2) is 9.01. The largest absolute Gasteiger partial charge is 0.459 e. The molecule has 1 aromatic rings. The van der Waals surface area contributed by atoms with Crippen molar-refractivity contribution in [2.45, 2.75) is 51.0 Å². The SMILES string of the molecule is [B]c1ccc(C2(C(=O)OC(C)(C)C)CC23CCN(C(=O)OC/C(C=C)=C/C=C)CC3)cc1. The Morgan fingerprint density at radius 2 is 1.78 bits per heavy atom. The third-order valence-corrected chi connectivity index (χ3v) is 6.47. The van der Waals surface area contributed by atoms with E-state index in [9.17, 15) is 9.59 Å². The van der Waals surface area contributed by atoms with Crippen LogP contribution in [0.1, 0.15) is 45.6 Å². The third kappa shape index (κ3) is 4.69. The van der Waals surface area contributed by atoms with Crippen molar-refractivity contribution in [2.24, 2.45) is 5.41 Å². The molecule has 0 aromatic heterocycles. The second-order valence-corrected chi connectivity index (χ2v) is 9.71. The third-order valence-electron chi connectivity index (χ3n) is 6.47. The van der Waals surface area contributed by atoms with Gasteiger partial charge in [0, 0.05) is 13.1 Å². The summed E-state index contributed by atoms with van der Waals surface area (Å²) in [5.41, 5.74) is 0.876. The van der Waals surface area contributed by atoms with Gasteiger partial charge in [0.05, 0.1) is 5.41 Å². The molecule has 0 N–H and O–H groups in total. The number of benzene rings is 1. The smallest absolute Gasteiger partial charge is 0.410 e. The fourth-order valence-corrected chi connectivity index (χ4v) is 4.69. The molecule has 1 aliphatic carbocycles. The molecule has 2 fully saturated rings. The molecule has 2 radical (unpaired) electrons. The molecule has 168 valence electrons. The lowest BCUT2D eigenvalue weighted by atomic mass is 9.79. The van der Waals surface area contributed by atoms with Crippen LogP contribution in [0.25, 0.3) is 0 Å². The maximum atomic E-state index is 13.4. The van der Waals surface area contributed by atoms with Gasteiger partial charge in [-0.1, -0.05) is 61.1 Å². The number of rotatable bonds is 6. The van der Waals surface area contributed by atoms with Crippen molar-refractivity contribution in [1.29, 1.82) is 0 Å². The van der Waals surface area contributed by atoms with Crippen LogP contribution in [0.4, 0.5) is 4.79 Å². The van der Waals surface area contributed by atoms with E-state index in [1.54, 1.807) is 23.1 Å². The quantitative estimate of drug-likeness (QED) is 0.387. The lowest BCUT2D eigenvalue weighted by Gasteiger charge is -2.35. The average Bonchev–Trinajstić information content (AvgIpc) is 3.39. The maximum Gasteiger partial charge on any atom is 0.410 e. The van der Waals surface area contributed by atoms with Crippen LogP contribution in [0.3, 0.4) is 0 Å². The van der Waals surface area contributed by atoms with Crippen LogP contribution < -0.4 is 5.46 Å². The van der Waals surface area contributed by atoms with Crippen molar-refractivity contribution in [3.63, 3.8) is 0 Å². The summed E-state index contributed by atoms with van der Waals surface area (Å²) in [6.07, 6.45) is 6.82. The molecule has 5 nitrogen and oxygen atoms in total. The van der Waals surface area contributed by atoms with Crippen LogP contribution in [0.15, 0.2) is 61.2 Å². The van der Waals surface area contributed by atoms with Gasteiger partial charge in [0.2, 0.25) is 0 Å². The van der Waals surface area contributed by atoms with E-state index in [1.165, 1.54) is 0 Å². The molecule has 1 aromatic carbocycles. The Bertz CT molecular complexity index is 920. The molecule has 1 amide bonds. The number of allylic oxidation sites excluding steroid dienone is 2. The summed E-state index contributed by atoms with van der Waals surface area (Å²) in [5.74, 6) is -0.198. The zero-order chi connectivity index (χ0) is 23.6. The fraction of sp³-hybridized carbons (Fsp3) is 0.462. The van der Waals surface area contributed by atoms with Gasteiger partial charge in [-0.05, 0) is 56.6 Å². The molecular weight excluding hydrogens is 401 g/mol. The highest BCUT2D eigenvalue weighted by Gasteiger charge is 2.73. The molecule has 0 bridgehead atoms. The van der Waals surface area contributed by atoms with E-state index < -0.39 is 11.0 Å². The molecule has 1 saturated carbocycles. The number of esters is 1. The standard InChI is InChI=1S/C26H32BNO4/c1-6-8-19(7-2)17-31-23(30)28-15-13-25(14-16-28)18-26(25,22(29)32-24(3,4)5)20-9-11-21(27)12-10-20/h6-12H,1-2,13-18H2,3-5H3/b19-8+. The number of nitrogens with zero attached hydrogens (tertiary/aromatic N) is 1. The number of carbonyl (C=O) groups is 2. The number of carbonyl (C=O) groups excluding carboxylic acids is 2. The number of ether oxygens (including phenoxy) is 2.